The highest BCUT2D eigenvalue weighted by Gasteiger charge is 2.21. The lowest BCUT2D eigenvalue weighted by atomic mass is 9.97. The van der Waals surface area contributed by atoms with Gasteiger partial charge < -0.3 is 4.74 Å². The van der Waals surface area contributed by atoms with E-state index in [1.807, 2.05) is 24.3 Å². The second-order valence-corrected chi connectivity index (χ2v) is 5.89. The van der Waals surface area contributed by atoms with Crippen LogP contribution in [0.1, 0.15) is 51.7 Å². The molecule has 1 rings (SSSR count). The van der Waals surface area contributed by atoms with Gasteiger partial charge in [-0.1, -0.05) is 38.1 Å². The molecular weight excluding hydrogens is 242 g/mol. The Hall–Kier alpha value is -1.55. The van der Waals surface area contributed by atoms with Crippen molar-refractivity contribution in [3.63, 3.8) is 0 Å². The van der Waals surface area contributed by atoms with Crippen LogP contribution in [0.3, 0.4) is 0 Å². The molecule has 1 amide bonds. The highest BCUT2D eigenvalue weighted by atomic mass is 16.6. The van der Waals surface area contributed by atoms with Gasteiger partial charge in [0.1, 0.15) is 5.60 Å². The third-order valence-corrected chi connectivity index (χ3v) is 2.60. The van der Waals surface area contributed by atoms with Crippen molar-refractivity contribution in [2.45, 2.75) is 52.7 Å². The predicted octanol–water partition coefficient (Wildman–Crippen LogP) is 3.94. The molecule has 0 atom stereocenters. The molecule has 0 spiro atoms. The Balaban J connectivity index is 2.77. The minimum absolute atomic E-state index is 0.128. The summed E-state index contributed by atoms with van der Waals surface area (Å²) < 4.78 is 5.11. The monoisotopic (exact) mass is 265 g/mol. The molecule has 4 heteroatoms. The van der Waals surface area contributed by atoms with Crippen molar-refractivity contribution >= 4 is 6.09 Å². The molecule has 1 aromatic carbocycles. The molecule has 1 aromatic rings. The first-order chi connectivity index (χ1) is 8.70. The van der Waals surface area contributed by atoms with Gasteiger partial charge >= 0.3 is 6.09 Å². The van der Waals surface area contributed by atoms with Gasteiger partial charge in [0.05, 0.1) is 6.54 Å². The van der Waals surface area contributed by atoms with Gasteiger partial charge in [0.25, 0.3) is 0 Å². The number of carbonyl (C=O) groups excluding carboxylic acids is 1. The van der Waals surface area contributed by atoms with Gasteiger partial charge in [0.2, 0.25) is 0 Å². The van der Waals surface area contributed by atoms with Crippen LogP contribution in [0.15, 0.2) is 24.3 Å². The average molecular weight is 265 g/mol. The summed E-state index contributed by atoms with van der Waals surface area (Å²) in [4.78, 5) is 11.7. The van der Waals surface area contributed by atoms with Gasteiger partial charge in [-0.25, -0.2) is 4.79 Å². The molecule has 1 N–H and O–H groups in total. The van der Waals surface area contributed by atoms with E-state index in [0.717, 1.165) is 11.1 Å². The van der Waals surface area contributed by atoms with Crippen LogP contribution in [0, 0.1) is 0 Å². The molecule has 0 aliphatic carbocycles. The van der Waals surface area contributed by atoms with E-state index >= 15 is 0 Å². The first-order valence-corrected chi connectivity index (χ1v) is 6.48. The second-order valence-electron chi connectivity index (χ2n) is 5.89. The quantitative estimate of drug-likeness (QED) is 0.665. The highest BCUT2D eigenvalue weighted by molar-refractivity contribution is 5.66. The summed E-state index contributed by atoms with van der Waals surface area (Å²) in [5, 5.41) is 10.4. The zero-order chi connectivity index (χ0) is 14.6. The average Bonchev–Trinajstić information content (AvgIpc) is 2.27. The summed E-state index contributed by atoms with van der Waals surface area (Å²) in [6.45, 7) is 9.58. The molecule has 0 unspecified atom stereocenters. The molecule has 0 saturated heterocycles. The Morgan fingerprint density at radius 1 is 1.32 bits per heavy atom. The van der Waals surface area contributed by atoms with Crippen LogP contribution in [0.4, 0.5) is 4.79 Å². The molecule has 4 nitrogen and oxygen atoms in total. The Morgan fingerprint density at radius 2 is 1.89 bits per heavy atom. The minimum Gasteiger partial charge on any atom is -0.442 e. The van der Waals surface area contributed by atoms with Crippen molar-refractivity contribution in [3.05, 3.63) is 35.4 Å². The third kappa shape index (κ3) is 4.91. The molecule has 0 aliphatic heterocycles. The largest absolute Gasteiger partial charge is 0.442 e. The van der Waals surface area contributed by atoms with Crippen molar-refractivity contribution < 1.29 is 14.7 Å². The van der Waals surface area contributed by atoms with E-state index < -0.39 is 11.7 Å². The van der Waals surface area contributed by atoms with Crippen LogP contribution in [-0.4, -0.2) is 22.0 Å². The van der Waals surface area contributed by atoms with Crippen molar-refractivity contribution in [1.82, 2.24) is 5.06 Å². The number of rotatable bonds is 3. The Kier molecular flexibility index (Phi) is 4.95. The van der Waals surface area contributed by atoms with E-state index in [0.29, 0.717) is 11.0 Å². The normalized spacial score (nSPS) is 11.5. The summed E-state index contributed by atoms with van der Waals surface area (Å²) in [5.41, 5.74) is 1.42. The van der Waals surface area contributed by atoms with E-state index in [1.54, 1.807) is 20.8 Å². The summed E-state index contributed by atoms with van der Waals surface area (Å²) in [6.07, 6.45) is -0.731. The third-order valence-electron chi connectivity index (χ3n) is 2.60. The van der Waals surface area contributed by atoms with Gasteiger partial charge in [0, 0.05) is 0 Å². The zero-order valence-corrected chi connectivity index (χ0v) is 12.3. The summed E-state index contributed by atoms with van der Waals surface area (Å²) in [5.74, 6) is 0.336. The van der Waals surface area contributed by atoms with Gasteiger partial charge in [-0.05, 0) is 37.8 Å². The first-order valence-electron chi connectivity index (χ1n) is 6.48. The molecule has 0 saturated carbocycles. The smallest absolute Gasteiger partial charge is 0.434 e. The van der Waals surface area contributed by atoms with Crippen molar-refractivity contribution in [2.24, 2.45) is 0 Å². The van der Waals surface area contributed by atoms with Crippen LogP contribution in [0.25, 0.3) is 0 Å². The van der Waals surface area contributed by atoms with Gasteiger partial charge in [0.15, 0.2) is 0 Å². The van der Waals surface area contributed by atoms with Crippen LogP contribution >= 0.6 is 0 Å². The number of benzene rings is 1. The van der Waals surface area contributed by atoms with Gasteiger partial charge in [-0.3, -0.25) is 5.21 Å². The van der Waals surface area contributed by atoms with Crippen molar-refractivity contribution in [1.29, 1.82) is 0 Å². The molecule has 0 bridgehead atoms. The van der Waals surface area contributed by atoms with Gasteiger partial charge in [-0.2, -0.15) is 5.06 Å². The number of nitrogens with zero attached hydrogens (tertiary/aromatic N) is 1. The summed E-state index contributed by atoms with van der Waals surface area (Å²) in [7, 11) is 0. The molecule has 0 fully saturated rings. The topological polar surface area (TPSA) is 49.8 Å². The maximum absolute atomic E-state index is 11.7. The maximum Gasteiger partial charge on any atom is 0.434 e. The summed E-state index contributed by atoms with van der Waals surface area (Å²) >= 11 is 0. The van der Waals surface area contributed by atoms with Crippen LogP contribution in [0.2, 0.25) is 0 Å². The van der Waals surface area contributed by atoms with E-state index in [2.05, 4.69) is 13.8 Å². The van der Waals surface area contributed by atoms with Gasteiger partial charge in [-0.15, -0.1) is 0 Å². The van der Waals surface area contributed by atoms with E-state index in [1.165, 1.54) is 0 Å². The standard InChI is InChI=1S/C15H23NO3/c1-11(2)13-9-7-6-8-12(13)10-16(18)14(17)19-15(3,4)5/h6-9,11,18H,10H2,1-5H3. The van der Waals surface area contributed by atoms with Crippen molar-refractivity contribution in [3.8, 4) is 0 Å². The molecule has 0 aliphatic rings. The number of amides is 1. The number of carbonyl (C=O) groups is 1. The fraction of sp³-hybridized carbons (Fsp3) is 0.533. The minimum atomic E-state index is -0.731. The maximum atomic E-state index is 11.7. The summed E-state index contributed by atoms with van der Waals surface area (Å²) in [6, 6.07) is 7.75. The fourth-order valence-electron chi connectivity index (χ4n) is 1.78. The number of hydrogen-bond acceptors (Lipinski definition) is 3. The lowest BCUT2D eigenvalue weighted by Crippen LogP contribution is -2.34. The van der Waals surface area contributed by atoms with E-state index in [9.17, 15) is 10.0 Å². The molecular formula is C15H23NO3. The number of hydroxylamine groups is 2. The molecule has 106 valence electrons. The Bertz CT molecular complexity index is 435. The predicted molar refractivity (Wildman–Crippen MR) is 74.1 cm³/mol. The van der Waals surface area contributed by atoms with E-state index in [-0.39, 0.29) is 6.54 Å². The molecule has 19 heavy (non-hydrogen) atoms. The fourth-order valence-corrected chi connectivity index (χ4v) is 1.78. The SMILES string of the molecule is CC(C)c1ccccc1CN(O)C(=O)OC(C)(C)C. The lowest BCUT2D eigenvalue weighted by molar-refractivity contribution is -0.0999. The van der Waals surface area contributed by atoms with Crippen LogP contribution in [0.5, 0.6) is 0 Å². The highest BCUT2D eigenvalue weighted by Crippen LogP contribution is 2.20. The molecule has 0 heterocycles. The zero-order valence-electron chi connectivity index (χ0n) is 12.3. The number of ether oxygens (including phenoxy) is 1. The van der Waals surface area contributed by atoms with Crippen LogP contribution in [-0.2, 0) is 11.3 Å². The lowest BCUT2D eigenvalue weighted by Gasteiger charge is -2.24. The van der Waals surface area contributed by atoms with Crippen molar-refractivity contribution in [2.75, 3.05) is 0 Å². The van der Waals surface area contributed by atoms with E-state index in [4.69, 9.17) is 4.74 Å². The molecule has 0 radical (unpaired) electrons. The second kappa shape index (κ2) is 6.06. The number of hydrogen-bond donors (Lipinski definition) is 1. The molecule has 0 aromatic heterocycles. The Morgan fingerprint density at radius 3 is 2.42 bits per heavy atom. The first kappa shape index (κ1) is 15.5. The van der Waals surface area contributed by atoms with Crippen LogP contribution < -0.4 is 0 Å². The Labute approximate surface area is 114 Å².